The Bertz CT molecular complexity index is 664. The standard InChI is InChI=1S/C17H22N4/c1-11-8-9-13(10-12(11)2)16-19-15-7-5-3-4-6-14(15)17(20-16)21-18/h8-10H,3-7,18H2,1-2H3,(H,19,20,21). The Balaban J connectivity index is 2.10. The highest BCUT2D eigenvalue weighted by molar-refractivity contribution is 5.61. The summed E-state index contributed by atoms with van der Waals surface area (Å²) < 4.78 is 0. The lowest BCUT2D eigenvalue weighted by atomic mass is 10.0. The first-order valence-electron chi connectivity index (χ1n) is 7.63. The van der Waals surface area contributed by atoms with Gasteiger partial charge in [-0.05, 0) is 56.7 Å². The summed E-state index contributed by atoms with van der Waals surface area (Å²) in [7, 11) is 0. The molecule has 0 atom stereocenters. The van der Waals surface area contributed by atoms with E-state index < -0.39 is 0 Å². The number of hydrazine groups is 1. The average Bonchev–Trinajstić information content (AvgIpc) is 2.74. The second-order valence-electron chi connectivity index (χ2n) is 5.83. The first-order valence-corrected chi connectivity index (χ1v) is 7.63. The van der Waals surface area contributed by atoms with Gasteiger partial charge in [0.25, 0.3) is 0 Å². The Morgan fingerprint density at radius 1 is 1.00 bits per heavy atom. The summed E-state index contributed by atoms with van der Waals surface area (Å²) in [6, 6.07) is 6.35. The van der Waals surface area contributed by atoms with E-state index in [0.29, 0.717) is 0 Å². The van der Waals surface area contributed by atoms with Crippen molar-refractivity contribution in [2.75, 3.05) is 5.43 Å². The molecule has 0 saturated heterocycles. The minimum atomic E-state index is 0.770. The fourth-order valence-corrected chi connectivity index (χ4v) is 2.90. The number of hydrogen-bond donors (Lipinski definition) is 2. The maximum Gasteiger partial charge on any atom is 0.161 e. The van der Waals surface area contributed by atoms with E-state index >= 15 is 0 Å². The largest absolute Gasteiger partial charge is 0.308 e. The third-order valence-corrected chi connectivity index (χ3v) is 4.33. The van der Waals surface area contributed by atoms with Crippen molar-refractivity contribution < 1.29 is 0 Å². The molecule has 0 spiro atoms. The smallest absolute Gasteiger partial charge is 0.161 e. The number of rotatable bonds is 2. The van der Waals surface area contributed by atoms with E-state index in [1.54, 1.807) is 0 Å². The third-order valence-electron chi connectivity index (χ3n) is 4.33. The molecule has 0 amide bonds. The zero-order valence-corrected chi connectivity index (χ0v) is 12.7. The maximum absolute atomic E-state index is 5.69. The topological polar surface area (TPSA) is 63.8 Å². The van der Waals surface area contributed by atoms with Crippen molar-refractivity contribution in [2.24, 2.45) is 5.84 Å². The second kappa shape index (κ2) is 5.82. The van der Waals surface area contributed by atoms with Crippen molar-refractivity contribution >= 4 is 5.82 Å². The summed E-state index contributed by atoms with van der Waals surface area (Å²) in [6.07, 6.45) is 5.67. The molecule has 0 bridgehead atoms. The fourth-order valence-electron chi connectivity index (χ4n) is 2.90. The maximum atomic E-state index is 5.69. The molecule has 1 aromatic carbocycles. The number of nitrogens with zero attached hydrogens (tertiary/aromatic N) is 2. The summed E-state index contributed by atoms with van der Waals surface area (Å²) in [5.41, 5.74) is 8.72. The monoisotopic (exact) mass is 282 g/mol. The van der Waals surface area contributed by atoms with Gasteiger partial charge >= 0.3 is 0 Å². The van der Waals surface area contributed by atoms with Crippen LogP contribution >= 0.6 is 0 Å². The van der Waals surface area contributed by atoms with Crippen LogP contribution in [0.3, 0.4) is 0 Å². The van der Waals surface area contributed by atoms with Crippen LogP contribution in [0, 0.1) is 13.8 Å². The lowest BCUT2D eigenvalue weighted by Gasteiger charge is -2.13. The lowest BCUT2D eigenvalue weighted by Crippen LogP contribution is -2.14. The van der Waals surface area contributed by atoms with Crippen LogP contribution in [0.4, 0.5) is 5.82 Å². The number of benzene rings is 1. The fraction of sp³-hybridized carbons (Fsp3) is 0.412. The summed E-state index contributed by atoms with van der Waals surface area (Å²) in [4.78, 5) is 9.46. The molecule has 110 valence electrons. The van der Waals surface area contributed by atoms with Crippen LogP contribution in [-0.2, 0) is 12.8 Å². The molecule has 1 aromatic heterocycles. The third kappa shape index (κ3) is 2.76. The van der Waals surface area contributed by atoms with Crippen molar-refractivity contribution in [3.63, 3.8) is 0 Å². The molecule has 4 nitrogen and oxygen atoms in total. The van der Waals surface area contributed by atoms with Gasteiger partial charge < -0.3 is 5.43 Å². The number of nitrogen functional groups attached to an aromatic ring is 1. The predicted octanol–water partition coefficient (Wildman–Crippen LogP) is 3.31. The van der Waals surface area contributed by atoms with Crippen molar-refractivity contribution in [1.29, 1.82) is 0 Å². The minimum absolute atomic E-state index is 0.770. The van der Waals surface area contributed by atoms with Crippen molar-refractivity contribution in [2.45, 2.75) is 46.0 Å². The van der Waals surface area contributed by atoms with E-state index in [9.17, 15) is 0 Å². The number of nitrogens with two attached hydrogens (primary N) is 1. The van der Waals surface area contributed by atoms with Gasteiger partial charge in [-0.1, -0.05) is 18.6 Å². The summed E-state index contributed by atoms with van der Waals surface area (Å²) in [5, 5.41) is 0. The van der Waals surface area contributed by atoms with Gasteiger partial charge in [-0.2, -0.15) is 0 Å². The number of fused-ring (bicyclic) bond motifs is 1. The van der Waals surface area contributed by atoms with E-state index in [0.717, 1.165) is 35.7 Å². The molecular weight excluding hydrogens is 260 g/mol. The lowest BCUT2D eigenvalue weighted by molar-refractivity contribution is 0.709. The summed E-state index contributed by atoms with van der Waals surface area (Å²) >= 11 is 0. The van der Waals surface area contributed by atoms with E-state index in [1.165, 1.54) is 36.0 Å². The van der Waals surface area contributed by atoms with Crippen LogP contribution in [-0.4, -0.2) is 9.97 Å². The molecule has 21 heavy (non-hydrogen) atoms. The van der Waals surface area contributed by atoms with E-state index in [2.05, 4.69) is 42.5 Å². The van der Waals surface area contributed by atoms with Crippen LogP contribution in [0.15, 0.2) is 18.2 Å². The van der Waals surface area contributed by atoms with Gasteiger partial charge in [-0.15, -0.1) is 0 Å². The summed E-state index contributed by atoms with van der Waals surface area (Å²) in [6.45, 7) is 4.23. The Hall–Kier alpha value is -1.94. The molecule has 3 rings (SSSR count). The highest BCUT2D eigenvalue weighted by Gasteiger charge is 2.17. The molecule has 0 radical (unpaired) electrons. The van der Waals surface area contributed by atoms with Crippen molar-refractivity contribution in [3.8, 4) is 11.4 Å². The molecule has 3 N–H and O–H groups in total. The van der Waals surface area contributed by atoms with Crippen LogP contribution in [0.25, 0.3) is 11.4 Å². The van der Waals surface area contributed by atoms with Gasteiger partial charge in [0.05, 0.1) is 0 Å². The molecule has 1 aliphatic rings. The Kier molecular flexibility index (Phi) is 3.88. The zero-order valence-electron chi connectivity index (χ0n) is 12.7. The van der Waals surface area contributed by atoms with Gasteiger partial charge in [-0.3, -0.25) is 0 Å². The molecule has 1 aliphatic carbocycles. The molecule has 2 aromatic rings. The molecule has 0 aliphatic heterocycles. The molecule has 0 unspecified atom stereocenters. The number of hydrogen-bond acceptors (Lipinski definition) is 4. The first-order chi connectivity index (χ1) is 10.2. The number of nitrogens with one attached hydrogen (secondary N) is 1. The zero-order chi connectivity index (χ0) is 14.8. The normalized spacial score (nSPS) is 14.4. The van der Waals surface area contributed by atoms with Crippen LogP contribution < -0.4 is 11.3 Å². The SMILES string of the molecule is Cc1ccc(-c2nc3c(c(NN)n2)CCCCC3)cc1C. The van der Waals surface area contributed by atoms with Gasteiger partial charge in [-0.25, -0.2) is 15.8 Å². The molecular formula is C17H22N4. The summed E-state index contributed by atoms with van der Waals surface area (Å²) in [5.74, 6) is 7.24. The average molecular weight is 282 g/mol. The molecule has 0 fully saturated rings. The molecule has 1 heterocycles. The highest BCUT2D eigenvalue weighted by Crippen LogP contribution is 2.28. The first kappa shape index (κ1) is 14.0. The van der Waals surface area contributed by atoms with Gasteiger partial charge in [0.1, 0.15) is 5.82 Å². The number of anilines is 1. The number of aromatic nitrogens is 2. The van der Waals surface area contributed by atoms with Crippen LogP contribution in [0.1, 0.15) is 41.6 Å². The Morgan fingerprint density at radius 3 is 2.57 bits per heavy atom. The molecule has 0 saturated carbocycles. The highest BCUT2D eigenvalue weighted by atomic mass is 15.3. The quantitative estimate of drug-likeness (QED) is 0.504. The predicted molar refractivity (Wildman–Crippen MR) is 86.0 cm³/mol. The van der Waals surface area contributed by atoms with E-state index in [-0.39, 0.29) is 0 Å². The van der Waals surface area contributed by atoms with Crippen molar-refractivity contribution in [1.82, 2.24) is 9.97 Å². The second-order valence-corrected chi connectivity index (χ2v) is 5.83. The Morgan fingerprint density at radius 2 is 1.81 bits per heavy atom. The van der Waals surface area contributed by atoms with E-state index in [1.807, 2.05) is 0 Å². The van der Waals surface area contributed by atoms with Crippen molar-refractivity contribution in [3.05, 3.63) is 40.6 Å². The minimum Gasteiger partial charge on any atom is -0.308 e. The molecule has 4 heteroatoms. The van der Waals surface area contributed by atoms with Crippen LogP contribution in [0.2, 0.25) is 0 Å². The van der Waals surface area contributed by atoms with Gasteiger partial charge in [0, 0.05) is 16.8 Å². The Labute approximate surface area is 125 Å². The van der Waals surface area contributed by atoms with Gasteiger partial charge in [0.15, 0.2) is 5.82 Å². The van der Waals surface area contributed by atoms with E-state index in [4.69, 9.17) is 10.8 Å². The number of aryl methyl sites for hydroxylation is 3. The van der Waals surface area contributed by atoms with Crippen LogP contribution in [0.5, 0.6) is 0 Å². The van der Waals surface area contributed by atoms with Gasteiger partial charge in [0.2, 0.25) is 0 Å².